The predicted molar refractivity (Wildman–Crippen MR) is 425 cm³/mol. The van der Waals surface area contributed by atoms with Gasteiger partial charge in [-0.2, -0.15) is 9.97 Å². The molecule has 24 nitrogen and oxygen atoms in total. The van der Waals surface area contributed by atoms with Crippen LogP contribution in [0.1, 0.15) is 212 Å². The Kier molecular flexibility index (Phi) is 26.2. The molecule has 14 atom stereocenters. The van der Waals surface area contributed by atoms with Crippen LogP contribution in [0.4, 0.5) is 26.3 Å². The van der Waals surface area contributed by atoms with Crippen LogP contribution in [0.2, 0.25) is 0 Å². The van der Waals surface area contributed by atoms with Crippen molar-refractivity contribution in [3.63, 3.8) is 0 Å². The van der Waals surface area contributed by atoms with Crippen LogP contribution in [0.25, 0.3) is 21.5 Å². The number of allylic oxidation sites excluding steroid dienone is 4. The lowest BCUT2D eigenvalue weighted by molar-refractivity contribution is -0.197. The summed E-state index contributed by atoms with van der Waals surface area (Å²) < 4.78 is 176. The Bertz CT molecular complexity index is 4530. The molecule has 4 aromatic rings. The first-order chi connectivity index (χ1) is 55.0. The molecule has 2 aromatic heterocycles. The third-order valence-corrected chi connectivity index (χ3v) is 30.7. The van der Waals surface area contributed by atoms with E-state index >= 15 is 9.59 Å². The number of nitrogens with one attached hydrogen (secondary N) is 2. The minimum absolute atomic E-state index is 0.0542. The molecule has 2 aromatic carbocycles. The number of esters is 2. The Hall–Kier alpha value is -8.42. The number of rotatable bonds is 22. The summed E-state index contributed by atoms with van der Waals surface area (Å²) in [6.07, 6.45) is 10.6. The Labute approximate surface area is 686 Å². The highest BCUT2D eigenvalue weighted by molar-refractivity contribution is 7.92. The quantitative estimate of drug-likeness (QED) is 0.0419. The van der Waals surface area contributed by atoms with Crippen molar-refractivity contribution in [1.82, 2.24) is 29.2 Å². The van der Waals surface area contributed by atoms with Crippen LogP contribution in [-0.2, 0) is 67.9 Å². The average Bonchev–Trinajstić information content (AvgIpc) is 1.57. The number of benzene rings is 2. The minimum Gasteiger partial charge on any atom is -0.481 e. The number of fused-ring (bicyclic) bond motifs is 6. The van der Waals surface area contributed by atoms with Gasteiger partial charge in [-0.05, 0) is 201 Å². The van der Waals surface area contributed by atoms with Crippen LogP contribution < -0.4 is 28.4 Å². The van der Waals surface area contributed by atoms with Crippen molar-refractivity contribution in [3.8, 4) is 23.5 Å². The van der Waals surface area contributed by atoms with E-state index in [9.17, 15) is 71.9 Å². The number of hydrogen-bond donors (Lipinski definition) is 2. The number of hydrogen-bond acceptors (Lipinski definition) is 20. The molecule has 6 heterocycles. The molecule has 4 aliphatic carbocycles. The van der Waals surface area contributed by atoms with Gasteiger partial charge in [0.15, 0.2) is 22.8 Å². The van der Waals surface area contributed by atoms with Crippen molar-refractivity contribution in [1.29, 1.82) is 0 Å². The summed E-state index contributed by atoms with van der Waals surface area (Å²) in [4.78, 5) is 126. The second-order valence-electron chi connectivity index (χ2n) is 36.0. The summed E-state index contributed by atoms with van der Waals surface area (Å²) in [7, 11) is -5.29. The molecular formula is C86H112F6N6O18S2. The number of carbonyl (C=O) groups is 8. The smallest absolute Gasteiger partial charge is 0.307 e. The van der Waals surface area contributed by atoms with Gasteiger partial charge in [0, 0.05) is 62.4 Å². The van der Waals surface area contributed by atoms with Crippen LogP contribution in [0.15, 0.2) is 72.8 Å². The van der Waals surface area contributed by atoms with Crippen LogP contribution in [0.3, 0.4) is 0 Å². The molecule has 0 unspecified atom stereocenters. The van der Waals surface area contributed by atoms with Crippen molar-refractivity contribution in [2.45, 2.75) is 268 Å². The first kappa shape index (κ1) is 90.3. The maximum Gasteiger partial charge on any atom is 0.307 e. The van der Waals surface area contributed by atoms with E-state index in [0.29, 0.717) is 112 Å². The molecule has 118 heavy (non-hydrogen) atoms. The van der Waals surface area contributed by atoms with E-state index in [1.54, 1.807) is 13.8 Å². The summed E-state index contributed by atoms with van der Waals surface area (Å²) in [5, 5.41) is 1.75. The lowest BCUT2D eigenvalue weighted by Gasteiger charge is -2.35. The number of amides is 4. The number of ether oxygens (including phenoxy) is 6. The summed E-state index contributed by atoms with van der Waals surface area (Å²) in [6.45, 7) is 16.4. The molecule has 12 rings (SSSR count). The van der Waals surface area contributed by atoms with Crippen LogP contribution in [0.5, 0.6) is 23.5 Å². The zero-order chi connectivity index (χ0) is 86.6. The first-order valence-corrected chi connectivity index (χ1v) is 44.0. The highest BCUT2D eigenvalue weighted by Crippen LogP contribution is 2.60. The number of methoxy groups -OCH3 is 2. The number of aromatic nitrogens is 2. The average molecular weight is 1700 g/mol. The molecule has 4 aliphatic heterocycles. The van der Waals surface area contributed by atoms with E-state index in [1.807, 2.05) is 52.0 Å². The second-order valence-corrected chi connectivity index (χ2v) is 40.4. The van der Waals surface area contributed by atoms with E-state index in [4.69, 9.17) is 28.4 Å². The number of nitrogens with zero attached hydrogens (tertiary/aromatic N) is 4. The number of carbonyl (C=O) groups excluding carboxylic acids is 8. The van der Waals surface area contributed by atoms with E-state index in [-0.39, 0.29) is 87.0 Å². The van der Waals surface area contributed by atoms with E-state index < -0.39 is 195 Å². The lowest BCUT2D eigenvalue weighted by atomic mass is 9.79. The summed E-state index contributed by atoms with van der Waals surface area (Å²) in [5.41, 5.74) is -7.11. The molecule has 0 bridgehead atoms. The molecule has 4 saturated carbocycles. The zero-order valence-corrected chi connectivity index (χ0v) is 71.3. The van der Waals surface area contributed by atoms with Gasteiger partial charge in [-0.1, -0.05) is 64.8 Å². The van der Waals surface area contributed by atoms with E-state index in [0.717, 1.165) is 27.7 Å². The molecule has 4 amide bonds. The van der Waals surface area contributed by atoms with Gasteiger partial charge in [0.1, 0.15) is 23.8 Å². The second kappa shape index (κ2) is 34.2. The SMILES string of the molecule is CC[C@@H]1C[C@@H](C)CC/C=C\[C@@H]2C[C@@]2(C(=O)NS(=O)(=O)C2(C)CC2)CC(=O)[C@@H]2C[C@@H](Oc3nc(OC)cc4cc(F)ccc34)CN2C(=O)[C@H]1CC(=O)OC(C)(C)C(C)(F)F.CC[C@@H]1C[C@H](C)CC/C=C\[C@@H]2C[C@@]2(C(=O)NS(=O)(=O)C2(C)CC2)CC(=O)[C@@H]2C[C@@H](Oc3nc(OC)cc4cc(F)ccc34)CN2C(=O)[C@H]1CC(=O)OC(C)(C)C(C)(F)F. The van der Waals surface area contributed by atoms with Crippen molar-refractivity contribution in [2.75, 3.05) is 27.3 Å². The number of alkyl halides is 4. The van der Waals surface area contributed by atoms with Crippen LogP contribution in [0, 0.1) is 69.8 Å². The van der Waals surface area contributed by atoms with Gasteiger partial charge in [0.25, 0.3) is 11.8 Å². The molecule has 2 N–H and O–H groups in total. The van der Waals surface area contributed by atoms with E-state index in [1.165, 1.54) is 72.6 Å². The summed E-state index contributed by atoms with van der Waals surface area (Å²) in [5.74, 6) is -16.7. The predicted octanol–water partition coefficient (Wildman–Crippen LogP) is 14.2. The molecule has 8 aliphatic rings. The molecule has 0 radical (unpaired) electrons. The number of halogens is 6. The molecule has 0 spiro atoms. The van der Waals surface area contributed by atoms with Gasteiger partial charge in [-0.3, -0.25) is 47.8 Å². The van der Waals surface area contributed by atoms with Crippen molar-refractivity contribution in [3.05, 3.63) is 84.5 Å². The van der Waals surface area contributed by atoms with Gasteiger partial charge >= 0.3 is 11.9 Å². The molecule has 6 fully saturated rings. The Morgan fingerprint density at radius 1 is 0.551 bits per heavy atom. The third kappa shape index (κ3) is 19.6. The fraction of sp³-hybridized carbons (Fsp3) is 0.651. The number of sulfonamides is 2. The topological polar surface area (TPSA) is 317 Å². The van der Waals surface area contributed by atoms with Crippen LogP contribution >= 0.6 is 0 Å². The van der Waals surface area contributed by atoms with Crippen LogP contribution in [-0.4, -0.2) is 168 Å². The maximum absolute atomic E-state index is 15.1. The highest BCUT2D eigenvalue weighted by Gasteiger charge is 2.65. The van der Waals surface area contributed by atoms with E-state index in [2.05, 4.69) is 19.4 Å². The monoisotopic (exact) mass is 1690 g/mol. The van der Waals surface area contributed by atoms with Crippen molar-refractivity contribution in [2.24, 2.45) is 58.2 Å². The molecule has 2 saturated heterocycles. The highest BCUT2D eigenvalue weighted by atomic mass is 32.2. The van der Waals surface area contributed by atoms with Gasteiger partial charge in [0.2, 0.25) is 67.2 Å². The lowest BCUT2D eigenvalue weighted by Crippen LogP contribution is -2.49. The third-order valence-electron chi connectivity index (χ3n) is 26.3. The zero-order valence-electron chi connectivity index (χ0n) is 69.6. The van der Waals surface area contributed by atoms with Crippen molar-refractivity contribution >= 4 is 88.7 Å². The minimum atomic E-state index is -4.03. The summed E-state index contributed by atoms with van der Waals surface area (Å²) in [6, 6.07) is 8.78. The van der Waals surface area contributed by atoms with Gasteiger partial charge in [-0.25, -0.2) is 43.2 Å². The molecular weight excluding hydrogens is 1580 g/mol. The van der Waals surface area contributed by atoms with Gasteiger partial charge in [0.05, 0.1) is 84.4 Å². The fourth-order valence-electron chi connectivity index (χ4n) is 16.9. The van der Waals surface area contributed by atoms with Gasteiger partial charge < -0.3 is 38.2 Å². The fourth-order valence-corrected chi connectivity index (χ4v) is 19.6. The largest absolute Gasteiger partial charge is 0.481 e. The first-order valence-electron chi connectivity index (χ1n) is 41.0. The normalized spacial score (nSPS) is 29.4. The van der Waals surface area contributed by atoms with Gasteiger partial charge in [-0.15, -0.1) is 0 Å². The summed E-state index contributed by atoms with van der Waals surface area (Å²) >= 11 is 0. The number of ketones is 2. The number of Topliss-reactive ketones (excluding diaryl/α,β-unsaturated/α-hetero) is 2. The van der Waals surface area contributed by atoms with Crippen molar-refractivity contribution < 1.29 is 110 Å². The standard InChI is InChI=1S/2C43H56F3N3O9S/c2*1-8-26-17-25(2)11-9-10-12-28-22-43(28,39(53)48-59(54,55)41(5)15-16-41)23-34(50)33-20-30(57-37-31-14-13-29(44)18-27(31)19-35(47-37)56-7)24-49(33)38(52)32(26)21-36(51)58-40(3,4)42(6,45)46/h2*10,12-14,18-19,25-26,28,30,32-33H,8-9,11,15-17,20-24H2,1-7H3,(H,48,53)/b2*12-10-/t25-,26+,28+,30+,32-,33-,43+;25-,26-,28-,30-,32+,33+,43-/m01/s1. The Morgan fingerprint density at radius 3 is 1.23 bits per heavy atom. The molecule has 32 heteroatoms. The molecule has 648 valence electrons. The Morgan fingerprint density at radius 2 is 0.907 bits per heavy atom. The Balaban J connectivity index is 0.000000231. The number of pyridine rings is 2. The maximum atomic E-state index is 15.1.